The number of hydrogen-bond donors (Lipinski definition) is 2. The summed E-state index contributed by atoms with van der Waals surface area (Å²) in [5.41, 5.74) is 1.81. The zero-order valence-electron chi connectivity index (χ0n) is 17.6. The molecule has 0 unspecified atom stereocenters. The fraction of sp³-hybridized carbons (Fsp3) is 0.217. The summed E-state index contributed by atoms with van der Waals surface area (Å²) >= 11 is 0. The smallest absolute Gasteiger partial charge is 0.257 e. The molecule has 0 aliphatic carbocycles. The van der Waals surface area contributed by atoms with Crippen molar-refractivity contribution in [2.75, 3.05) is 18.4 Å². The molecule has 1 aliphatic rings. The lowest BCUT2D eigenvalue weighted by Crippen LogP contribution is -2.39. The molecule has 33 heavy (non-hydrogen) atoms. The van der Waals surface area contributed by atoms with E-state index >= 15 is 0 Å². The largest absolute Gasteiger partial charge is 0.508 e. The number of benzene rings is 1. The predicted octanol–water partition coefficient (Wildman–Crippen LogP) is 3.11. The summed E-state index contributed by atoms with van der Waals surface area (Å²) in [6.07, 6.45) is 7.96. The summed E-state index contributed by atoms with van der Waals surface area (Å²) < 4.78 is 17.4. The van der Waals surface area contributed by atoms with Crippen LogP contribution < -0.4 is 5.32 Å². The van der Waals surface area contributed by atoms with Crippen molar-refractivity contribution in [2.24, 2.45) is 0 Å². The van der Waals surface area contributed by atoms with Crippen molar-refractivity contribution in [2.45, 2.75) is 18.9 Å². The number of hydrogen-bond acceptors (Lipinski definition) is 5. The number of phenols is 1. The highest BCUT2D eigenvalue weighted by molar-refractivity contribution is 6.04. The van der Waals surface area contributed by atoms with Crippen molar-refractivity contribution in [1.29, 1.82) is 0 Å². The van der Waals surface area contributed by atoms with Gasteiger partial charge in [-0.05, 0) is 49.2 Å². The van der Waals surface area contributed by atoms with Crippen LogP contribution >= 0.6 is 0 Å². The minimum atomic E-state index is -0.654. The second-order valence-corrected chi connectivity index (χ2v) is 7.97. The number of rotatable bonds is 4. The van der Waals surface area contributed by atoms with E-state index in [1.807, 2.05) is 12.1 Å². The summed E-state index contributed by atoms with van der Waals surface area (Å²) in [5.74, 6) is -1.51. The number of fused-ring (bicyclic) bond motifs is 1. The third kappa shape index (κ3) is 4.14. The van der Waals surface area contributed by atoms with Gasteiger partial charge in [0.2, 0.25) is 0 Å². The number of aromatic nitrogens is 4. The third-order valence-corrected chi connectivity index (χ3v) is 5.82. The van der Waals surface area contributed by atoms with Gasteiger partial charge in [-0.1, -0.05) is 0 Å². The molecule has 0 radical (unpaired) electrons. The topological polar surface area (TPSA) is 105 Å². The minimum Gasteiger partial charge on any atom is -0.508 e. The summed E-state index contributed by atoms with van der Waals surface area (Å²) in [4.78, 5) is 26.8. The van der Waals surface area contributed by atoms with Gasteiger partial charge in [0.1, 0.15) is 11.6 Å². The molecule has 9 nitrogen and oxygen atoms in total. The van der Waals surface area contributed by atoms with Crippen molar-refractivity contribution < 1.29 is 19.1 Å². The maximum Gasteiger partial charge on any atom is 0.257 e. The number of nitrogens with zero attached hydrogens (tertiary/aromatic N) is 5. The number of likely N-dealkylation sites (tertiary alicyclic amines) is 1. The zero-order chi connectivity index (χ0) is 22.9. The van der Waals surface area contributed by atoms with Gasteiger partial charge in [0.25, 0.3) is 11.8 Å². The van der Waals surface area contributed by atoms with Crippen LogP contribution in [0.5, 0.6) is 5.75 Å². The molecular weight excluding hydrogens is 427 g/mol. The van der Waals surface area contributed by atoms with E-state index in [1.165, 1.54) is 6.07 Å². The van der Waals surface area contributed by atoms with Crippen LogP contribution in [-0.2, 0) is 0 Å². The van der Waals surface area contributed by atoms with Crippen molar-refractivity contribution in [3.8, 4) is 5.75 Å². The van der Waals surface area contributed by atoms with Crippen LogP contribution in [0.15, 0.2) is 61.2 Å². The van der Waals surface area contributed by atoms with Crippen LogP contribution in [0.2, 0.25) is 0 Å². The lowest BCUT2D eigenvalue weighted by Gasteiger charge is -2.32. The van der Waals surface area contributed by atoms with Crippen molar-refractivity contribution >= 4 is 23.0 Å². The normalized spacial score (nSPS) is 14.5. The Kier molecular flexibility index (Phi) is 5.25. The van der Waals surface area contributed by atoms with E-state index in [4.69, 9.17) is 0 Å². The zero-order valence-corrected chi connectivity index (χ0v) is 17.6. The first-order chi connectivity index (χ1) is 16.0. The fourth-order valence-corrected chi connectivity index (χ4v) is 4.04. The van der Waals surface area contributed by atoms with Gasteiger partial charge >= 0.3 is 0 Å². The Bertz CT molecular complexity index is 1340. The van der Waals surface area contributed by atoms with E-state index in [2.05, 4.69) is 15.5 Å². The van der Waals surface area contributed by atoms with Gasteiger partial charge in [-0.25, -0.2) is 8.91 Å². The molecule has 1 aliphatic heterocycles. The first-order valence-electron chi connectivity index (χ1n) is 10.5. The Balaban J connectivity index is 1.20. The second-order valence-electron chi connectivity index (χ2n) is 7.97. The van der Waals surface area contributed by atoms with E-state index in [0.29, 0.717) is 37.2 Å². The minimum absolute atomic E-state index is 0.0501. The average Bonchev–Trinajstić information content (AvgIpc) is 3.49. The molecular formula is C23H21FN6O3. The number of pyridine rings is 1. The summed E-state index contributed by atoms with van der Waals surface area (Å²) in [6, 6.07) is 8.90. The molecule has 1 aromatic carbocycles. The quantitative estimate of drug-likeness (QED) is 0.499. The molecule has 0 saturated carbocycles. The molecule has 1 saturated heterocycles. The second kappa shape index (κ2) is 8.38. The average molecular weight is 448 g/mol. The molecule has 1 fully saturated rings. The van der Waals surface area contributed by atoms with Crippen LogP contribution in [0.1, 0.15) is 39.6 Å². The Morgan fingerprint density at radius 2 is 1.88 bits per heavy atom. The predicted molar refractivity (Wildman–Crippen MR) is 118 cm³/mol. The molecule has 0 spiro atoms. The van der Waals surface area contributed by atoms with Crippen molar-refractivity contribution in [1.82, 2.24) is 24.3 Å². The monoisotopic (exact) mass is 448 g/mol. The SMILES string of the molecule is O=C(Nc1cnn(C2CCN(C(=O)c3cc(O)ccc3F)CC2)c1)c1ccc2ccnn2c1. The van der Waals surface area contributed by atoms with E-state index in [0.717, 1.165) is 17.6 Å². The number of phenolic OH excluding ortho intramolecular Hbond substituents is 1. The van der Waals surface area contributed by atoms with Crippen molar-refractivity contribution in [3.05, 3.63) is 78.1 Å². The molecule has 3 aromatic heterocycles. The van der Waals surface area contributed by atoms with Crippen molar-refractivity contribution in [3.63, 3.8) is 0 Å². The molecule has 4 heterocycles. The number of nitrogens with one attached hydrogen (secondary N) is 1. The van der Waals surface area contributed by atoms with Gasteiger partial charge in [-0.2, -0.15) is 10.2 Å². The number of aromatic hydroxyl groups is 1. The van der Waals surface area contributed by atoms with Crippen LogP contribution in [0, 0.1) is 5.82 Å². The van der Waals surface area contributed by atoms with E-state index in [9.17, 15) is 19.1 Å². The summed E-state index contributed by atoms with van der Waals surface area (Å²) in [6.45, 7) is 0.869. The lowest BCUT2D eigenvalue weighted by molar-refractivity contribution is 0.0684. The molecule has 5 rings (SSSR count). The van der Waals surface area contributed by atoms with Gasteiger partial charge < -0.3 is 15.3 Å². The Morgan fingerprint density at radius 1 is 1.06 bits per heavy atom. The number of piperidine rings is 1. The highest BCUT2D eigenvalue weighted by atomic mass is 19.1. The first-order valence-corrected chi connectivity index (χ1v) is 10.5. The van der Waals surface area contributed by atoms with E-state index in [1.54, 1.807) is 45.0 Å². The molecule has 10 heteroatoms. The Hall–Kier alpha value is -4.21. The summed E-state index contributed by atoms with van der Waals surface area (Å²) in [5, 5.41) is 20.9. The molecule has 4 aromatic rings. The van der Waals surface area contributed by atoms with Crippen LogP contribution in [0.3, 0.4) is 0 Å². The van der Waals surface area contributed by atoms with Gasteiger partial charge in [-0.15, -0.1) is 0 Å². The maximum atomic E-state index is 14.0. The first kappa shape index (κ1) is 20.7. The number of carbonyl (C=O) groups excluding carboxylic acids is 2. The van der Waals surface area contributed by atoms with Crippen LogP contribution in [-0.4, -0.2) is 54.3 Å². The maximum absolute atomic E-state index is 14.0. The number of anilines is 1. The molecule has 168 valence electrons. The highest BCUT2D eigenvalue weighted by Crippen LogP contribution is 2.26. The number of amides is 2. The van der Waals surface area contributed by atoms with E-state index in [-0.39, 0.29) is 23.3 Å². The number of halogens is 1. The number of carbonyl (C=O) groups is 2. The van der Waals surface area contributed by atoms with Gasteiger partial charge in [-0.3, -0.25) is 14.3 Å². The molecule has 2 amide bonds. The lowest BCUT2D eigenvalue weighted by atomic mass is 10.0. The molecule has 2 N–H and O–H groups in total. The van der Waals surface area contributed by atoms with Gasteiger partial charge in [0, 0.05) is 31.7 Å². The highest BCUT2D eigenvalue weighted by Gasteiger charge is 2.27. The van der Waals surface area contributed by atoms with Crippen LogP contribution in [0.4, 0.5) is 10.1 Å². The molecule has 0 bridgehead atoms. The van der Waals surface area contributed by atoms with Crippen LogP contribution in [0.25, 0.3) is 5.52 Å². The van der Waals surface area contributed by atoms with E-state index < -0.39 is 11.7 Å². The third-order valence-electron chi connectivity index (χ3n) is 5.82. The summed E-state index contributed by atoms with van der Waals surface area (Å²) in [7, 11) is 0. The standard InChI is InChI=1S/C23H21FN6O3/c24-21-4-3-19(31)11-20(21)23(33)28-9-6-18(7-10-28)30-14-16(12-26-30)27-22(32)15-1-2-17-5-8-25-29(17)13-15/h1-5,8,11-14,18,31H,6-7,9-10H2,(H,27,32). The van der Waals surface area contributed by atoms with Gasteiger partial charge in [0.15, 0.2) is 0 Å². The Labute approximate surface area is 188 Å². The Morgan fingerprint density at radius 3 is 2.70 bits per heavy atom. The molecule has 0 atom stereocenters. The fourth-order valence-electron chi connectivity index (χ4n) is 4.04. The van der Waals surface area contributed by atoms with Gasteiger partial charge in [0.05, 0.1) is 34.6 Å².